The van der Waals surface area contributed by atoms with Crippen molar-refractivity contribution >= 4 is 5.69 Å². The van der Waals surface area contributed by atoms with Gasteiger partial charge in [0.15, 0.2) is 0 Å². The highest BCUT2D eigenvalue weighted by molar-refractivity contribution is 5.47. The molecule has 0 aliphatic heterocycles. The van der Waals surface area contributed by atoms with Crippen LogP contribution >= 0.6 is 0 Å². The van der Waals surface area contributed by atoms with E-state index in [2.05, 4.69) is 104 Å². The van der Waals surface area contributed by atoms with Gasteiger partial charge in [-0.25, -0.2) is 0 Å². The molecule has 1 rings (SSSR count). The van der Waals surface area contributed by atoms with Gasteiger partial charge in [0.1, 0.15) is 0 Å². The van der Waals surface area contributed by atoms with Gasteiger partial charge in [0, 0.05) is 28.5 Å². The zero-order chi connectivity index (χ0) is 19.3. The van der Waals surface area contributed by atoms with E-state index in [-0.39, 0.29) is 10.8 Å². The average molecular weight is 344 g/mol. The lowest BCUT2D eigenvalue weighted by molar-refractivity contribution is 0.127. The van der Waals surface area contributed by atoms with Crippen LogP contribution in [-0.2, 0) is 10.2 Å². The Morgan fingerprint density at radius 2 is 1.60 bits per heavy atom. The van der Waals surface area contributed by atoms with Gasteiger partial charge in [0.05, 0.1) is 12.4 Å². The van der Waals surface area contributed by atoms with E-state index in [1.54, 1.807) is 0 Å². The van der Waals surface area contributed by atoms with Gasteiger partial charge in [-0.05, 0) is 31.5 Å². The zero-order valence-electron chi connectivity index (χ0n) is 17.4. The van der Waals surface area contributed by atoms with Crippen molar-refractivity contribution in [3.8, 4) is 0 Å². The quantitative estimate of drug-likeness (QED) is 0.405. The summed E-state index contributed by atoms with van der Waals surface area (Å²) in [6.45, 7) is 22.0. The molecule has 0 aromatic heterocycles. The first-order chi connectivity index (χ1) is 11.4. The van der Waals surface area contributed by atoms with Gasteiger partial charge in [0.25, 0.3) is 0 Å². The second-order valence-corrected chi connectivity index (χ2v) is 8.83. The standard InChI is InChI=1S/C23H37NO/c1-17(2)19(5)25-16-22(6,7)14-15-23(8,9)20-10-12-21(13-11-20)24-18(3)4/h10-15,17-18,24H,5,16H2,1-4,6-9H3/b15-14+. The van der Waals surface area contributed by atoms with Crippen LogP contribution in [0, 0.1) is 11.3 Å². The molecule has 0 saturated heterocycles. The van der Waals surface area contributed by atoms with Crippen LogP contribution in [0.5, 0.6) is 0 Å². The van der Waals surface area contributed by atoms with Crippen molar-refractivity contribution in [3.63, 3.8) is 0 Å². The van der Waals surface area contributed by atoms with Gasteiger partial charge in [-0.15, -0.1) is 0 Å². The van der Waals surface area contributed by atoms with Gasteiger partial charge in [-0.1, -0.05) is 72.4 Å². The molecule has 2 nitrogen and oxygen atoms in total. The van der Waals surface area contributed by atoms with E-state index >= 15 is 0 Å². The largest absolute Gasteiger partial charge is 0.497 e. The van der Waals surface area contributed by atoms with Gasteiger partial charge in [-0.2, -0.15) is 0 Å². The molecule has 1 aromatic rings. The number of hydrogen-bond donors (Lipinski definition) is 1. The second kappa shape index (κ2) is 8.60. The fraction of sp³-hybridized carbons (Fsp3) is 0.565. The molecule has 0 heterocycles. The van der Waals surface area contributed by atoms with Gasteiger partial charge in [0.2, 0.25) is 0 Å². The first-order valence-corrected chi connectivity index (χ1v) is 9.32. The molecule has 0 spiro atoms. The number of rotatable bonds is 9. The number of ether oxygens (including phenoxy) is 1. The lowest BCUT2D eigenvalue weighted by Gasteiger charge is -2.27. The van der Waals surface area contributed by atoms with Gasteiger partial charge in [-0.3, -0.25) is 0 Å². The Labute approximate surface area is 155 Å². The van der Waals surface area contributed by atoms with E-state index in [1.165, 1.54) is 11.3 Å². The van der Waals surface area contributed by atoms with E-state index in [9.17, 15) is 0 Å². The lowest BCUT2D eigenvalue weighted by atomic mass is 9.81. The van der Waals surface area contributed by atoms with Crippen LogP contribution in [0.15, 0.2) is 48.8 Å². The second-order valence-electron chi connectivity index (χ2n) is 8.83. The van der Waals surface area contributed by atoms with Crippen molar-refractivity contribution in [2.45, 2.75) is 66.8 Å². The molecule has 0 aliphatic rings. The van der Waals surface area contributed by atoms with E-state index in [4.69, 9.17) is 4.74 Å². The van der Waals surface area contributed by atoms with Crippen LogP contribution in [0.2, 0.25) is 0 Å². The number of nitrogens with one attached hydrogen (secondary N) is 1. The van der Waals surface area contributed by atoms with Crippen molar-refractivity contribution in [2.24, 2.45) is 11.3 Å². The number of hydrogen-bond acceptors (Lipinski definition) is 2. The Balaban J connectivity index is 2.77. The summed E-state index contributed by atoms with van der Waals surface area (Å²) in [7, 11) is 0. The van der Waals surface area contributed by atoms with Crippen molar-refractivity contribution in [3.05, 3.63) is 54.3 Å². The molecule has 25 heavy (non-hydrogen) atoms. The molecule has 0 bridgehead atoms. The van der Waals surface area contributed by atoms with Crippen molar-refractivity contribution in [1.82, 2.24) is 0 Å². The fourth-order valence-corrected chi connectivity index (χ4v) is 2.35. The lowest BCUT2D eigenvalue weighted by Crippen LogP contribution is -2.20. The van der Waals surface area contributed by atoms with Crippen LogP contribution in [0.4, 0.5) is 5.69 Å². The third-order valence-corrected chi connectivity index (χ3v) is 4.31. The Bertz CT molecular complexity index is 577. The monoisotopic (exact) mass is 343 g/mol. The highest BCUT2D eigenvalue weighted by Gasteiger charge is 2.21. The minimum Gasteiger partial charge on any atom is -0.497 e. The van der Waals surface area contributed by atoms with Gasteiger partial charge >= 0.3 is 0 Å². The summed E-state index contributed by atoms with van der Waals surface area (Å²) in [4.78, 5) is 0. The molecule has 0 atom stereocenters. The first kappa shape index (κ1) is 21.3. The van der Waals surface area contributed by atoms with Crippen LogP contribution < -0.4 is 5.32 Å². The smallest absolute Gasteiger partial charge is 0.0962 e. The van der Waals surface area contributed by atoms with Crippen molar-refractivity contribution in [2.75, 3.05) is 11.9 Å². The van der Waals surface area contributed by atoms with Crippen LogP contribution in [0.1, 0.15) is 61.0 Å². The van der Waals surface area contributed by atoms with E-state index in [0.29, 0.717) is 18.6 Å². The topological polar surface area (TPSA) is 21.3 Å². The molecule has 0 amide bonds. The molecular formula is C23H37NO. The maximum absolute atomic E-state index is 5.84. The van der Waals surface area contributed by atoms with Crippen LogP contribution in [0.3, 0.4) is 0 Å². The van der Waals surface area contributed by atoms with E-state index in [1.807, 2.05) is 0 Å². The predicted octanol–water partition coefficient (Wildman–Crippen LogP) is 6.55. The Morgan fingerprint density at radius 1 is 1.04 bits per heavy atom. The summed E-state index contributed by atoms with van der Waals surface area (Å²) < 4.78 is 5.84. The summed E-state index contributed by atoms with van der Waals surface area (Å²) in [5.41, 5.74) is 2.41. The van der Waals surface area contributed by atoms with E-state index < -0.39 is 0 Å². The van der Waals surface area contributed by atoms with Crippen LogP contribution in [0.25, 0.3) is 0 Å². The zero-order valence-corrected chi connectivity index (χ0v) is 17.4. The third-order valence-electron chi connectivity index (χ3n) is 4.31. The number of benzene rings is 1. The highest BCUT2D eigenvalue weighted by atomic mass is 16.5. The molecule has 0 saturated carbocycles. The minimum absolute atomic E-state index is 0.0251. The Kier molecular flexibility index (Phi) is 7.34. The number of anilines is 1. The Morgan fingerprint density at radius 3 is 2.08 bits per heavy atom. The molecule has 2 heteroatoms. The van der Waals surface area contributed by atoms with Crippen molar-refractivity contribution in [1.29, 1.82) is 0 Å². The summed E-state index contributed by atoms with van der Waals surface area (Å²) in [6.07, 6.45) is 4.56. The molecule has 0 fully saturated rings. The molecule has 1 aromatic carbocycles. The first-order valence-electron chi connectivity index (χ1n) is 9.32. The Hall–Kier alpha value is -1.70. The summed E-state index contributed by atoms with van der Waals surface area (Å²) in [6, 6.07) is 9.18. The van der Waals surface area contributed by atoms with Crippen molar-refractivity contribution < 1.29 is 4.74 Å². The maximum Gasteiger partial charge on any atom is 0.0962 e. The summed E-state index contributed by atoms with van der Waals surface area (Å²) >= 11 is 0. The molecular weight excluding hydrogens is 306 g/mol. The number of allylic oxidation sites excluding steroid dienone is 2. The maximum atomic E-state index is 5.84. The van der Waals surface area contributed by atoms with Gasteiger partial charge < -0.3 is 10.1 Å². The fourth-order valence-electron chi connectivity index (χ4n) is 2.35. The average Bonchev–Trinajstić information content (AvgIpc) is 2.51. The molecule has 1 N–H and O–H groups in total. The summed E-state index contributed by atoms with van der Waals surface area (Å²) in [5.74, 6) is 1.21. The predicted molar refractivity (Wildman–Crippen MR) is 111 cm³/mol. The molecule has 0 radical (unpaired) electrons. The molecule has 0 unspecified atom stereocenters. The summed E-state index contributed by atoms with van der Waals surface area (Å²) in [5, 5.41) is 3.43. The normalized spacial score (nSPS) is 12.9. The highest BCUT2D eigenvalue weighted by Crippen LogP contribution is 2.29. The molecule has 140 valence electrons. The third kappa shape index (κ3) is 7.37. The molecule has 0 aliphatic carbocycles. The minimum atomic E-state index is -0.0335. The van der Waals surface area contributed by atoms with E-state index in [0.717, 1.165) is 5.76 Å². The van der Waals surface area contributed by atoms with Crippen LogP contribution in [-0.4, -0.2) is 12.6 Å². The SMILES string of the molecule is C=C(OCC(C)(C)/C=C/C(C)(C)c1ccc(NC(C)C)cc1)C(C)C.